The molecule has 0 bridgehead atoms. The van der Waals surface area contributed by atoms with Gasteiger partial charge >= 0.3 is 0 Å². The number of aryl methyl sites for hydroxylation is 1. The second-order valence-corrected chi connectivity index (χ2v) is 8.14. The molecule has 0 spiro atoms. The largest absolute Gasteiger partial charge is 0.310 e. The molecule has 1 N–H and O–H groups in total. The number of aromatic nitrogens is 5. The maximum atomic E-state index is 12.4. The van der Waals surface area contributed by atoms with Gasteiger partial charge in [0.2, 0.25) is 5.91 Å². The standard InChI is InChI=1S/C20H15ClN6OS/c1-11-18-14(16-3-2-8-29-16)9-17(28)24-19(18)27(26-11)20-23-15(10-22-25-20)12-4-6-13(21)7-5-12/h2-8,10,14H,9H2,1H3,(H,24,28)/t14-/m0/s1. The summed E-state index contributed by atoms with van der Waals surface area (Å²) in [6, 6.07) is 11.4. The number of anilines is 1. The summed E-state index contributed by atoms with van der Waals surface area (Å²) in [5, 5.41) is 18.5. The van der Waals surface area contributed by atoms with Crippen molar-refractivity contribution in [3.8, 4) is 17.2 Å². The van der Waals surface area contributed by atoms with E-state index < -0.39 is 0 Å². The lowest BCUT2D eigenvalue weighted by molar-refractivity contribution is -0.116. The molecule has 1 aliphatic rings. The van der Waals surface area contributed by atoms with Crippen LogP contribution < -0.4 is 5.32 Å². The minimum Gasteiger partial charge on any atom is -0.310 e. The van der Waals surface area contributed by atoms with Crippen LogP contribution in [0.1, 0.15) is 28.5 Å². The first-order valence-corrected chi connectivity index (χ1v) is 10.2. The van der Waals surface area contributed by atoms with Crippen LogP contribution in [0.25, 0.3) is 17.2 Å². The third kappa shape index (κ3) is 3.20. The second kappa shape index (κ2) is 7.06. The highest BCUT2D eigenvalue weighted by Crippen LogP contribution is 2.41. The molecule has 0 fully saturated rings. The Bertz CT molecular complexity index is 1200. The zero-order valence-electron chi connectivity index (χ0n) is 15.3. The highest BCUT2D eigenvalue weighted by atomic mass is 35.5. The first-order chi connectivity index (χ1) is 14.1. The van der Waals surface area contributed by atoms with E-state index >= 15 is 0 Å². The van der Waals surface area contributed by atoms with Gasteiger partial charge in [0.25, 0.3) is 5.95 Å². The van der Waals surface area contributed by atoms with Gasteiger partial charge in [0.1, 0.15) is 5.82 Å². The van der Waals surface area contributed by atoms with Gasteiger partial charge in [0, 0.05) is 33.4 Å². The third-order valence-electron chi connectivity index (χ3n) is 4.87. The Kier molecular flexibility index (Phi) is 4.37. The van der Waals surface area contributed by atoms with Crippen molar-refractivity contribution in [2.75, 3.05) is 5.32 Å². The lowest BCUT2D eigenvalue weighted by Crippen LogP contribution is -2.25. The van der Waals surface area contributed by atoms with E-state index in [4.69, 9.17) is 11.6 Å². The summed E-state index contributed by atoms with van der Waals surface area (Å²) in [5.74, 6) is 0.819. The number of nitrogens with one attached hydrogen (secondary N) is 1. The average Bonchev–Trinajstić information content (AvgIpc) is 3.37. The van der Waals surface area contributed by atoms with Crippen LogP contribution in [0.5, 0.6) is 0 Å². The molecule has 1 atom stereocenters. The van der Waals surface area contributed by atoms with Gasteiger partial charge in [0.15, 0.2) is 0 Å². The molecule has 0 saturated carbocycles. The van der Waals surface area contributed by atoms with Crippen molar-refractivity contribution in [1.29, 1.82) is 0 Å². The van der Waals surface area contributed by atoms with Crippen LogP contribution in [-0.4, -0.2) is 30.9 Å². The van der Waals surface area contributed by atoms with Gasteiger partial charge in [0.05, 0.1) is 17.6 Å². The number of carbonyl (C=O) groups excluding carboxylic acids is 1. The van der Waals surface area contributed by atoms with Gasteiger partial charge < -0.3 is 5.32 Å². The molecular formula is C20H15ClN6OS. The number of benzene rings is 1. The number of thiophene rings is 1. The number of fused-ring (bicyclic) bond motifs is 1. The Hall–Kier alpha value is -3.10. The predicted molar refractivity (Wildman–Crippen MR) is 112 cm³/mol. The number of amides is 1. The predicted octanol–water partition coefficient (Wildman–Crippen LogP) is 4.22. The number of hydrogen-bond acceptors (Lipinski definition) is 6. The Morgan fingerprint density at radius 2 is 2.07 bits per heavy atom. The fraction of sp³-hybridized carbons (Fsp3) is 0.150. The smallest absolute Gasteiger partial charge is 0.272 e. The number of nitrogens with zero attached hydrogens (tertiary/aromatic N) is 5. The van der Waals surface area contributed by atoms with E-state index in [1.165, 1.54) is 0 Å². The normalized spacial score (nSPS) is 15.8. The number of halogens is 1. The van der Waals surface area contributed by atoms with E-state index in [9.17, 15) is 4.79 Å². The molecule has 9 heteroatoms. The minimum atomic E-state index is -0.0566. The van der Waals surface area contributed by atoms with Gasteiger partial charge in [-0.15, -0.1) is 16.4 Å². The lowest BCUT2D eigenvalue weighted by atomic mass is 9.91. The van der Waals surface area contributed by atoms with Crippen LogP contribution in [0.4, 0.5) is 5.82 Å². The maximum Gasteiger partial charge on any atom is 0.272 e. The number of carbonyl (C=O) groups is 1. The highest BCUT2D eigenvalue weighted by molar-refractivity contribution is 7.10. The molecule has 1 aliphatic heterocycles. The van der Waals surface area contributed by atoms with E-state index in [1.54, 1.807) is 34.3 Å². The van der Waals surface area contributed by atoms with Crippen LogP contribution in [0, 0.1) is 6.92 Å². The molecule has 0 unspecified atom stereocenters. The molecule has 1 aromatic carbocycles. The summed E-state index contributed by atoms with van der Waals surface area (Å²) in [6.45, 7) is 1.93. The Balaban J connectivity index is 1.62. The summed E-state index contributed by atoms with van der Waals surface area (Å²) in [7, 11) is 0. The van der Waals surface area contributed by atoms with E-state index in [0.29, 0.717) is 28.9 Å². The van der Waals surface area contributed by atoms with Crippen molar-refractivity contribution >= 4 is 34.7 Å². The van der Waals surface area contributed by atoms with Gasteiger partial charge in [-0.2, -0.15) is 14.9 Å². The Morgan fingerprint density at radius 1 is 1.24 bits per heavy atom. The van der Waals surface area contributed by atoms with E-state index in [2.05, 4.69) is 25.6 Å². The van der Waals surface area contributed by atoms with Crippen molar-refractivity contribution in [2.24, 2.45) is 0 Å². The van der Waals surface area contributed by atoms with E-state index in [-0.39, 0.29) is 11.8 Å². The molecule has 144 valence electrons. The lowest BCUT2D eigenvalue weighted by Gasteiger charge is -2.22. The molecule has 4 aromatic rings. The zero-order valence-corrected chi connectivity index (χ0v) is 16.9. The van der Waals surface area contributed by atoms with Crippen LogP contribution in [0.15, 0.2) is 48.0 Å². The van der Waals surface area contributed by atoms with Gasteiger partial charge in [-0.25, -0.2) is 4.98 Å². The topological polar surface area (TPSA) is 85.6 Å². The summed E-state index contributed by atoms with van der Waals surface area (Å²) < 4.78 is 1.56. The van der Waals surface area contributed by atoms with Crippen LogP contribution in [0.2, 0.25) is 5.02 Å². The summed E-state index contributed by atoms with van der Waals surface area (Å²) in [6.07, 6.45) is 1.98. The highest BCUT2D eigenvalue weighted by Gasteiger charge is 2.33. The van der Waals surface area contributed by atoms with Crippen molar-refractivity contribution in [3.05, 3.63) is 69.1 Å². The van der Waals surface area contributed by atoms with Crippen molar-refractivity contribution in [2.45, 2.75) is 19.3 Å². The van der Waals surface area contributed by atoms with E-state index in [1.807, 2.05) is 36.6 Å². The molecular weight excluding hydrogens is 408 g/mol. The third-order valence-corrected chi connectivity index (χ3v) is 6.10. The van der Waals surface area contributed by atoms with Gasteiger partial charge in [-0.05, 0) is 30.5 Å². The first kappa shape index (κ1) is 18.0. The second-order valence-electron chi connectivity index (χ2n) is 6.73. The van der Waals surface area contributed by atoms with Crippen LogP contribution in [-0.2, 0) is 4.79 Å². The van der Waals surface area contributed by atoms with Gasteiger partial charge in [-0.1, -0.05) is 29.8 Å². The maximum absolute atomic E-state index is 12.4. The monoisotopic (exact) mass is 422 g/mol. The van der Waals surface area contributed by atoms with Crippen molar-refractivity contribution in [1.82, 2.24) is 25.0 Å². The van der Waals surface area contributed by atoms with E-state index in [0.717, 1.165) is 21.7 Å². The zero-order chi connectivity index (χ0) is 20.0. The molecule has 7 nitrogen and oxygen atoms in total. The fourth-order valence-electron chi connectivity index (χ4n) is 3.57. The molecule has 3 aromatic heterocycles. The molecule has 0 aliphatic carbocycles. The van der Waals surface area contributed by atoms with Crippen molar-refractivity contribution < 1.29 is 4.79 Å². The van der Waals surface area contributed by atoms with Crippen LogP contribution in [0.3, 0.4) is 0 Å². The Labute approximate surface area is 175 Å². The number of hydrogen-bond donors (Lipinski definition) is 1. The molecule has 0 saturated heterocycles. The SMILES string of the molecule is Cc1nn(-c2nncc(-c3ccc(Cl)cc3)n2)c2c1[C@H](c1cccs1)CC(=O)N2. The minimum absolute atomic E-state index is 0.0279. The van der Waals surface area contributed by atoms with Crippen molar-refractivity contribution in [3.63, 3.8) is 0 Å². The quantitative estimate of drug-likeness (QED) is 0.534. The van der Waals surface area contributed by atoms with Crippen LogP contribution >= 0.6 is 22.9 Å². The Morgan fingerprint density at radius 3 is 2.83 bits per heavy atom. The molecule has 1 amide bonds. The molecule has 0 radical (unpaired) electrons. The fourth-order valence-corrected chi connectivity index (χ4v) is 4.53. The first-order valence-electron chi connectivity index (χ1n) is 8.99. The number of rotatable bonds is 3. The van der Waals surface area contributed by atoms with Gasteiger partial charge in [-0.3, -0.25) is 4.79 Å². The molecule has 4 heterocycles. The summed E-state index contributed by atoms with van der Waals surface area (Å²) in [5.41, 5.74) is 3.33. The molecule has 29 heavy (non-hydrogen) atoms. The molecule has 5 rings (SSSR count). The summed E-state index contributed by atoms with van der Waals surface area (Å²) in [4.78, 5) is 18.2. The summed E-state index contributed by atoms with van der Waals surface area (Å²) >= 11 is 7.61. The average molecular weight is 423 g/mol.